The van der Waals surface area contributed by atoms with Gasteiger partial charge >= 0.3 is 12.1 Å². The summed E-state index contributed by atoms with van der Waals surface area (Å²) in [6, 6.07) is 0. The third kappa shape index (κ3) is 18.9. The van der Waals surface area contributed by atoms with E-state index in [-0.39, 0.29) is 18.0 Å². The van der Waals surface area contributed by atoms with Crippen molar-refractivity contribution in [2.45, 2.75) is 90.9 Å². The minimum absolute atomic E-state index is 0.0112. The zero-order chi connectivity index (χ0) is 18.5. The molecule has 0 rings (SSSR count). The highest BCUT2D eigenvalue weighted by Crippen LogP contribution is 2.17. The fourth-order valence-corrected chi connectivity index (χ4v) is 2.67. The molecule has 0 aliphatic carbocycles. The normalized spacial score (nSPS) is 11.1. The number of rotatable bonds is 15. The van der Waals surface area contributed by atoms with Gasteiger partial charge in [0.15, 0.2) is 0 Å². The zero-order valence-electron chi connectivity index (χ0n) is 15.6. The van der Waals surface area contributed by atoms with E-state index >= 15 is 0 Å². The van der Waals surface area contributed by atoms with Crippen molar-refractivity contribution >= 4 is 12.1 Å². The van der Waals surface area contributed by atoms with Crippen molar-refractivity contribution in [1.82, 2.24) is 0 Å². The molecule has 0 amide bonds. The van der Waals surface area contributed by atoms with Gasteiger partial charge in [-0.2, -0.15) is 9.59 Å². The molecule has 1 atom stereocenters. The highest BCUT2D eigenvalue weighted by atomic mass is 16.5. The fourth-order valence-electron chi connectivity index (χ4n) is 2.67. The Balaban J connectivity index is 0. The van der Waals surface area contributed by atoms with Crippen LogP contribution in [0.15, 0.2) is 0 Å². The Morgan fingerprint density at radius 1 is 0.875 bits per heavy atom. The van der Waals surface area contributed by atoms with Gasteiger partial charge in [0, 0.05) is 6.61 Å². The first-order chi connectivity index (χ1) is 11.7. The van der Waals surface area contributed by atoms with Gasteiger partial charge in [0.2, 0.25) is 0 Å². The molecule has 142 valence electrons. The third-order valence-corrected chi connectivity index (χ3v) is 4.07. The Kier molecular flexibility index (Phi) is 22.8. The molecule has 5 nitrogen and oxygen atoms in total. The number of carbonyl (C=O) groups is 1. The largest absolute Gasteiger partial charge is 0.466 e. The first-order valence-corrected chi connectivity index (χ1v) is 9.44. The Morgan fingerprint density at radius 2 is 1.29 bits per heavy atom. The predicted molar refractivity (Wildman–Crippen MR) is 93.3 cm³/mol. The van der Waals surface area contributed by atoms with Gasteiger partial charge in [0.05, 0.1) is 12.5 Å². The molecule has 0 aromatic carbocycles. The van der Waals surface area contributed by atoms with E-state index in [1.807, 2.05) is 6.92 Å². The lowest BCUT2D eigenvalue weighted by molar-refractivity contribution is -0.191. The average Bonchev–Trinajstić information content (AvgIpc) is 2.57. The van der Waals surface area contributed by atoms with Gasteiger partial charge in [0.1, 0.15) is 0 Å². The molecule has 0 saturated carbocycles. The van der Waals surface area contributed by atoms with Crippen LogP contribution in [-0.2, 0) is 19.1 Å². The molecular weight excluding hydrogens is 308 g/mol. The molecule has 0 bridgehead atoms. The summed E-state index contributed by atoms with van der Waals surface area (Å²) in [6.07, 6.45) is 14.5. The number of carbonyl (C=O) groups excluding carboxylic acids is 3. The van der Waals surface area contributed by atoms with Crippen LogP contribution >= 0.6 is 0 Å². The molecule has 0 heterocycles. The summed E-state index contributed by atoms with van der Waals surface area (Å²) in [7, 11) is 0. The van der Waals surface area contributed by atoms with Gasteiger partial charge in [0.25, 0.3) is 0 Å². The molecule has 0 saturated heterocycles. The maximum atomic E-state index is 11.6. The SMILES string of the molecule is CCOC(=O)C(CC)CCCCCCCCCCCCO.O=C=O. The lowest BCUT2D eigenvalue weighted by Crippen LogP contribution is -2.16. The summed E-state index contributed by atoms with van der Waals surface area (Å²) in [5, 5.41) is 8.68. The average molecular weight is 344 g/mol. The molecule has 0 aliphatic rings. The van der Waals surface area contributed by atoms with Crippen molar-refractivity contribution in [3.05, 3.63) is 0 Å². The molecule has 0 radical (unpaired) electrons. The Bertz CT molecular complexity index is 298. The van der Waals surface area contributed by atoms with Crippen LogP contribution in [0.5, 0.6) is 0 Å². The van der Waals surface area contributed by atoms with Gasteiger partial charge in [-0.1, -0.05) is 64.7 Å². The number of aliphatic hydroxyl groups excluding tert-OH is 1. The molecule has 1 N–H and O–H groups in total. The molecule has 0 aromatic rings. The molecule has 5 heteroatoms. The van der Waals surface area contributed by atoms with Crippen LogP contribution in [0.2, 0.25) is 0 Å². The minimum Gasteiger partial charge on any atom is -0.466 e. The van der Waals surface area contributed by atoms with Gasteiger partial charge in [-0.05, 0) is 26.2 Å². The molecule has 0 spiro atoms. The monoisotopic (exact) mass is 344 g/mol. The quantitative estimate of drug-likeness (QED) is 0.354. The first kappa shape index (κ1) is 25.1. The lowest BCUT2D eigenvalue weighted by Gasteiger charge is -2.13. The van der Waals surface area contributed by atoms with Crippen LogP contribution in [0.3, 0.4) is 0 Å². The fraction of sp³-hybridized carbons (Fsp3) is 0.895. The highest BCUT2D eigenvalue weighted by Gasteiger charge is 2.16. The summed E-state index contributed by atoms with van der Waals surface area (Å²) >= 11 is 0. The van der Waals surface area contributed by atoms with E-state index in [9.17, 15) is 4.79 Å². The van der Waals surface area contributed by atoms with Crippen LogP contribution < -0.4 is 0 Å². The summed E-state index contributed by atoms with van der Waals surface area (Å²) in [6.45, 7) is 4.77. The van der Waals surface area contributed by atoms with Crippen molar-refractivity contribution in [3.8, 4) is 0 Å². The molecule has 0 aliphatic heterocycles. The summed E-state index contributed by atoms with van der Waals surface area (Å²) in [5.41, 5.74) is 0. The van der Waals surface area contributed by atoms with E-state index in [4.69, 9.17) is 19.4 Å². The van der Waals surface area contributed by atoms with Gasteiger partial charge in [-0.15, -0.1) is 0 Å². The number of aliphatic hydroxyl groups is 1. The van der Waals surface area contributed by atoms with Crippen LogP contribution in [0.4, 0.5) is 0 Å². The Labute approximate surface area is 147 Å². The highest BCUT2D eigenvalue weighted by molar-refractivity contribution is 5.72. The summed E-state index contributed by atoms with van der Waals surface area (Å²) in [4.78, 5) is 27.9. The molecular formula is C19H36O5. The maximum absolute atomic E-state index is 11.6. The first-order valence-electron chi connectivity index (χ1n) is 9.44. The van der Waals surface area contributed by atoms with Crippen LogP contribution in [0.1, 0.15) is 90.9 Å². The smallest absolute Gasteiger partial charge is 0.373 e. The maximum Gasteiger partial charge on any atom is 0.373 e. The van der Waals surface area contributed by atoms with E-state index in [0.717, 1.165) is 25.7 Å². The second-order valence-corrected chi connectivity index (χ2v) is 5.99. The topological polar surface area (TPSA) is 80.7 Å². The lowest BCUT2D eigenvalue weighted by atomic mass is 9.98. The van der Waals surface area contributed by atoms with Crippen molar-refractivity contribution in [2.24, 2.45) is 5.92 Å². The number of esters is 1. The summed E-state index contributed by atoms with van der Waals surface area (Å²) in [5.74, 6) is 0.0966. The summed E-state index contributed by atoms with van der Waals surface area (Å²) < 4.78 is 5.09. The zero-order valence-corrected chi connectivity index (χ0v) is 15.6. The number of hydrogen-bond acceptors (Lipinski definition) is 5. The molecule has 0 aromatic heterocycles. The number of unbranched alkanes of at least 4 members (excludes halogenated alkanes) is 9. The van der Waals surface area contributed by atoms with E-state index in [1.165, 1.54) is 51.4 Å². The van der Waals surface area contributed by atoms with E-state index in [0.29, 0.717) is 13.2 Å². The second-order valence-electron chi connectivity index (χ2n) is 5.99. The van der Waals surface area contributed by atoms with Crippen LogP contribution in [-0.4, -0.2) is 30.4 Å². The number of ether oxygens (including phenoxy) is 1. The number of hydrogen-bond donors (Lipinski definition) is 1. The predicted octanol–water partition coefficient (Wildman–Crippen LogP) is 4.28. The van der Waals surface area contributed by atoms with Gasteiger partial charge in [-0.3, -0.25) is 4.79 Å². The molecule has 24 heavy (non-hydrogen) atoms. The van der Waals surface area contributed by atoms with Gasteiger partial charge < -0.3 is 9.84 Å². The van der Waals surface area contributed by atoms with Crippen molar-refractivity contribution in [3.63, 3.8) is 0 Å². The van der Waals surface area contributed by atoms with E-state index in [2.05, 4.69) is 6.92 Å². The van der Waals surface area contributed by atoms with Gasteiger partial charge in [-0.25, -0.2) is 0 Å². The third-order valence-electron chi connectivity index (χ3n) is 4.07. The Morgan fingerprint density at radius 3 is 1.67 bits per heavy atom. The molecule has 0 fully saturated rings. The minimum atomic E-state index is -0.0112. The van der Waals surface area contributed by atoms with Crippen molar-refractivity contribution in [2.75, 3.05) is 13.2 Å². The standard InChI is InChI=1S/C18H36O3.CO2/c1-3-17(18(20)21-4-2)15-13-11-9-7-5-6-8-10-12-14-16-19;2-1-3/h17,19H,3-16H2,1-2H3;. The second kappa shape index (κ2) is 21.8. The van der Waals surface area contributed by atoms with Crippen molar-refractivity contribution in [1.29, 1.82) is 0 Å². The van der Waals surface area contributed by atoms with Crippen molar-refractivity contribution < 1.29 is 24.2 Å². The van der Waals surface area contributed by atoms with Crippen LogP contribution in [0, 0.1) is 5.92 Å². The molecule has 1 unspecified atom stereocenters. The van der Waals surface area contributed by atoms with Crippen LogP contribution in [0.25, 0.3) is 0 Å². The van der Waals surface area contributed by atoms with E-state index < -0.39 is 0 Å². The Hall–Kier alpha value is -1.19. The van der Waals surface area contributed by atoms with E-state index in [1.54, 1.807) is 0 Å².